The van der Waals surface area contributed by atoms with Gasteiger partial charge in [-0.25, -0.2) is 0 Å². The number of hydrogen-bond donors (Lipinski definition) is 0. The van der Waals surface area contributed by atoms with E-state index in [-0.39, 0.29) is 0 Å². The van der Waals surface area contributed by atoms with Crippen molar-refractivity contribution in [2.24, 2.45) is 0 Å². The number of halogens is 2. The van der Waals surface area contributed by atoms with E-state index in [0.717, 1.165) is 16.4 Å². The van der Waals surface area contributed by atoms with Gasteiger partial charge < -0.3 is 0 Å². The van der Waals surface area contributed by atoms with E-state index in [1.165, 1.54) is 32.1 Å². The van der Waals surface area contributed by atoms with Gasteiger partial charge in [-0.3, -0.25) is 10.0 Å². The summed E-state index contributed by atoms with van der Waals surface area (Å²) in [5, 5.41) is 2.23. The van der Waals surface area contributed by atoms with Crippen molar-refractivity contribution in [3.05, 3.63) is 0 Å². The van der Waals surface area contributed by atoms with Crippen LogP contribution in [0.2, 0.25) is 10.6 Å². The molecule has 0 aromatic rings. The van der Waals surface area contributed by atoms with Crippen molar-refractivity contribution in [3.8, 4) is 0 Å². The second-order valence-corrected chi connectivity index (χ2v) is 8.36. The first-order valence-corrected chi connectivity index (χ1v) is 9.84. The van der Waals surface area contributed by atoms with Gasteiger partial charge >= 0.3 is 13.2 Å². The van der Waals surface area contributed by atoms with Crippen LogP contribution in [0.4, 0.5) is 0 Å². The van der Waals surface area contributed by atoms with Gasteiger partial charge in [0.2, 0.25) is 0 Å². The molecule has 0 saturated heterocycles. The minimum absolute atomic E-state index is 0.744. The fraction of sp³-hybridized carbons (Fsp3) is 1.00. The average molecular weight is 255 g/mol. The van der Waals surface area contributed by atoms with Gasteiger partial charge in [0, 0.05) is 5.88 Å². The lowest BCUT2D eigenvalue weighted by atomic mass is 10.2. The van der Waals surface area contributed by atoms with E-state index < -0.39 is 13.2 Å². The van der Waals surface area contributed by atoms with Gasteiger partial charge in [0.1, 0.15) is 0 Å². The molecule has 0 bridgehead atoms. The number of rotatable bonds is 7. The lowest BCUT2D eigenvalue weighted by Crippen LogP contribution is -1.99. The van der Waals surface area contributed by atoms with Crippen molar-refractivity contribution < 1.29 is 0 Å². The molecule has 0 aliphatic carbocycles. The molecule has 0 aromatic heterocycles. The smallest absolute Gasteiger partial charge is 0.261 e. The molecule has 14 heavy (non-hydrogen) atoms. The molecule has 3 heteroatoms. The monoisotopic (exact) mass is 254 g/mol. The molecule has 0 amide bonds. The summed E-state index contributed by atoms with van der Waals surface area (Å²) >= 11 is 4.58. The minimum atomic E-state index is -0.841. The largest absolute Gasteiger partial charge is 0.400 e. The predicted octanol–water partition coefficient (Wildman–Crippen LogP) is 5.45. The highest BCUT2D eigenvalue weighted by Gasteiger charge is 2.08. The Morgan fingerprint density at radius 3 is 1.64 bits per heavy atom. The Morgan fingerprint density at radius 1 is 0.929 bits per heavy atom. The Morgan fingerprint density at radius 2 is 1.43 bits per heavy atom. The molecule has 0 spiro atoms. The van der Waals surface area contributed by atoms with Gasteiger partial charge in [-0.05, 0) is 0 Å². The van der Waals surface area contributed by atoms with Gasteiger partial charge in [-0.15, -0.1) is 11.6 Å². The summed E-state index contributed by atoms with van der Waals surface area (Å²) in [4.78, 5) is 0. The van der Waals surface area contributed by atoms with Crippen LogP contribution in [-0.2, 0) is 0 Å². The topological polar surface area (TPSA) is 0 Å². The zero-order chi connectivity index (χ0) is 11.2. The van der Waals surface area contributed by atoms with E-state index in [2.05, 4.69) is 20.8 Å². The van der Waals surface area contributed by atoms with Crippen LogP contribution in [0.15, 0.2) is 0 Å². The summed E-state index contributed by atoms with van der Waals surface area (Å²) in [6, 6.07) is 0. The fourth-order valence-electron chi connectivity index (χ4n) is 0.999. The molecular weight excluding hydrogens is 230 g/mol. The van der Waals surface area contributed by atoms with E-state index >= 15 is 0 Å². The second-order valence-electron chi connectivity index (χ2n) is 3.54. The molecule has 0 N–H and O–H groups in total. The minimum Gasteiger partial charge on any atom is -0.261 e. The molecule has 0 radical (unpaired) electrons. The van der Waals surface area contributed by atoms with Crippen LogP contribution in [-0.4, -0.2) is 19.1 Å². The van der Waals surface area contributed by atoms with Crippen LogP contribution >= 0.6 is 21.7 Å². The zero-order valence-corrected chi connectivity index (χ0v) is 12.7. The average Bonchev–Trinajstić information content (AvgIpc) is 2.20. The summed E-state index contributed by atoms with van der Waals surface area (Å²) in [5.74, 6) is 0.744. The van der Waals surface area contributed by atoms with E-state index in [9.17, 15) is 0 Å². The summed E-state index contributed by atoms with van der Waals surface area (Å²) < 4.78 is 0. The molecule has 0 aliphatic rings. The van der Waals surface area contributed by atoms with Gasteiger partial charge in [-0.2, -0.15) is 0 Å². The Kier molecular flexibility index (Phi) is 20.7. The Balaban J connectivity index is 0. The molecule has 86 valence electrons. The molecule has 0 aromatic carbocycles. The van der Waals surface area contributed by atoms with Crippen molar-refractivity contribution in [1.82, 2.24) is 0 Å². The third-order valence-electron chi connectivity index (χ3n) is 2.07. The standard InChI is InChI=1S/C7H16.C2H4Cl.C2H5.Al.ClH/c1-3-5-7-6-4-2;1-2-3;1-2;;/h3-7H2,1-2H3;1-2H2;1H2,2H3;;1H/q;;;+1;/p-1. The van der Waals surface area contributed by atoms with Crippen molar-refractivity contribution in [1.29, 1.82) is 0 Å². The summed E-state index contributed by atoms with van der Waals surface area (Å²) in [6.07, 6.45) is 7.01. The van der Waals surface area contributed by atoms with Crippen LogP contribution < -0.4 is 0 Å². The molecule has 0 saturated carbocycles. The maximum Gasteiger partial charge on any atom is 0.400 e. The molecule has 0 unspecified atom stereocenters. The quantitative estimate of drug-likeness (QED) is 0.322. The van der Waals surface area contributed by atoms with E-state index in [4.69, 9.17) is 21.7 Å². The van der Waals surface area contributed by atoms with E-state index in [1.807, 2.05) is 0 Å². The van der Waals surface area contributed by atoms with Gasteiger partial charge in [0.05, 0.1) is 0 Å². The zero-order valence-electron chi connectivity index (χ0n) is 9.99. The summed E-state index contributed by atoms with van der Waals surface area (Å²) in [7, 11) is 5.82. The normalized spacial score (nSPS) is 9.21. The van der Waals surface area contributed by atoms with Crippen molar-refractivity contribution in [2.75, 3.05) is 5.88 Å². The van der Waals surface area contributed by atoms with Crippen LogP contribution in [0.25, 0.3) is 0 Å². The Labute approximate surface area is 104 Å². The van der Waals surface area contributed by atoms with Crippen LogP contribution in [0.3, 0.4) is 0 Å². The predicted molar refractivity (Wildman–Crippen MR) is 72.0 cm³/mol. The lowest BCUT2D eigenvalue weighted by molar-refractivity contribution is 0.656. The SMILES string of the molecule is CCCCCCC.C[CH2][Al]([Cl])[CH2]CCl. The highest BCUT2D eigenvalue weighted by molar-refractivity contribution is 7.07. The van der Waals surface area contributed by atoms with Crippen molar-refractivity contribution in [2.45, 2.75) is 63.4 Å². The highest BCUT2D eigenvalue weighted by Crippen LogP contribution is 2.03. The number of hydrogen-bond acceptors (Lipinski definition) is 0. The third-order valence-corrected chi connectivity index (χ3v) is 6.04. The van der Waals surface area contributed by atoms with Gasteiger partial charge in [0.25, 0.3) is 0 Å². The van der Waals surface area contributed by atoms with Crippen LogP contribution in [0, 0.1) is 0 Å². The molecular formula is C11H25AlCl2. The molecule has 0 atom stereocenters. The molecule has 0 rings (SSSR count). The van der Waals surface area contributed by atoms with Crippen molar-refractivity contribution >= 4 is 34.9 Å². The number of alkyl halides is 1. The first kappa shape index (κ1) is 17.5. The van der Waals surface area contributed by atoms with Crippen molar-refractivity contribution in [3.63, 3.8) is 0 Å². The highest BCUT2D eigenvalue weighted by atomic mass is 35.6. The second kappa shape index (κ2) is 16.5. The summed E-state index contributed by atoms with van der Waals surface area (Å²) in [6.45, 7) is 6.61. The van der Waals surface area contributed by atoms with Gasteiger partial charge in [-0.1, -0.05) is 63.4 Å². The van der Waals surface area contributed by atoms with E-state index in [0.29, 0.717) is 0 Å². The lowest BCUT2D eigenvalue weighted by Gasteiger charge is -1.90. The van der Waals surface area contributed by atoms with E-state index in [1.54, 1.807) is 0 Å². The number of unbranched alkanes of at least 4 members (excludes halogenated alkanes) is 4. The molecule has 0 heterocycles. The Bertz CT molecular complexity index is 85.4. The molecule has 0 nitrogen and oxygen atoms in total. The fourth-order valence-corrected chi connectivity index (χ4v) is 3.10. The maximum atomic E-state index is 5.82. The Hall–Kier alpha value is 1.11. The first-order chi connectivity index (χ1) is 6.72. The third kappa shape index (κ3) is 18.8. The van der Waals surface area contributed by atoms with Crippen LogP contribution in [0.5, 0.6) is 0 Å². The molecule has 0 aliphatic heterocycles. The maximum absolute atomic E-state index is 5.82. The molecule has 0 fully saturated rings. The summed E-state index contributed by atoms with van der Waals surface area (Å²) in [5.41, 5.74) is 0. The van der Waals surface area contributed by atoms with Crippen LogP contribution in [0.1, 0.15) is 52.9 Å². The first-order valence-electron chi connectivity index (χ1n) is 5.92. The van der Waals surface area contributed by atoms with Gasteiger partial charge in [0.15, 0.2) is 0 Å².